The lowest BCUT2D eigenvalue weighted by Gasteiger charge is -2.26. The van der Waals surface area contributed by atoms with Crippen LogP contribution in [0.2, 0.25) is 0 Å². The summed E-state index contributed by atoms with van der Waals surface area (Å²) in [5, 5.41) is 20.8. The molecule has 0 aliphatic heterocycles. The summed E-state index contributed by atoms with van der Waals surface area (Å²) >= 11 is 0. The van der Waals surface area contributed by atoms with E-state index in [2.05, 4.69) is 11.4 Å². The van der Waals surface area contributed by atoms with Crippen molar-refractivity contribution in [3.8, 4) is 6.07 Å². The minimum atomic E-state index is 0.120. The van der Waals surface area contributed by atoms with Gasteiger partial charge in [-0.2, -0.15) is 5.26 Å². The van der Waals surface area contributed by atoms with E-state index in [1.54, 1.807) is 0 Å². The highest BCUT2D eigenvalue weighted by Gasteiger charge is 2.32. The standard InChI is InChI=1S/C10H18N2O/c11-6-3-7-12-8-10(9-13)4-1-2-5-10/h12-13H,1-5,7-9H2. The molecule has 2 N–H and O–H groups in total. The molecule has 3 heteroatoms. The monoisotopic (exact) mass is 182 g/mol. The quantitative estimate of drug-likeness (QED) is 0.625. The Balaban J connectivity index is 2.20. The van der Waals surface area contributed by atoms with E-state index in [-0.39, 0.29) is 12.0 Å². The van der Waals surface area contributed by atoms with Gasteiger partial charge < -0.3 is 10.4 Å². The molecule has 0 bridgehead atoms. The third-order valence-corrected chi connectivity index (χ3v) is 2.91. The SMILES string of the molecule is N#CCCNCC1(CO)CCCC1. The maximum absolute atomic E-state index is 9.27. The van der Waals surface area contributed by atoms with Gasteiger partial charge in [-0.1, -0.05) is 12.8 Å². The fourth-order valence-electron chi connectivity index (χ4n) is 2.01. The van der Waals surface area contributed by atoms with E-state index in [9.17, 15) is 5.11 Å². The molecular formula is C10H18N2O. The van der Waals surface area contributed by atoms with E-state index in [1.807, 2.05) is 0 Å². The first kappa shape index (κ1) is 10.5. The van der Waals surface area contributed by atoms with Gasteiger partial charge in [-0.25, -0.2) is 0 Å². The Morgan fingerprint density at radius 2 is 2.08 bits per heavy atom. The fourth-order valence-corrected chi connectivity index (χ4v) is 2.01. The van der Waals surface area contributed by atoms with Crippen molar-refractivity contribution < 1.29 is 5.11 Å². The van der Waals surface area contributed by atoms with E-state index in [1.165, 1.54) is 12.8 Å². The zero-order valence-corrected chi connectivity index (χ0v) is 8.05. The summed E-state index contributed by atoms with van der Waals surface area (Å²) in [4.78, 5) is 0. The second-order valence-electron chi connectivity index (χ2n) is 3.95. The number of nitrogens with zero attached hydrogens (tertiary/aromatic N) is 1. The first-order valence-electron chi connectivity index (χ1n) is 5.01. The highest BCUT2D eigenvalue weighted by Crippen LogP contribution is 2.36. The first-order chi connectivity index (χ1) is 6.33. The van der Waals surface area contributed by atoms with E-state index in [0.717, 1.165) is 25.9 Å². The van der Waals surface area contributed by atoms with Crippen molar-refractivity contribution in [2.45, 2.75) is 32.1 Å². The van der Waals surface area contributed by atoms with Crippen LogP contribution in [-0.2, 0) is 0 Å². The number of rotatable bonds is 5. The molecular weight excluding hydrogens is 164 g/mol. The second kappa shape index (κ2) is 5.21. The first-order valence-corrected chi connectivity index (χ1v) is 5.01. The van der Waals surface area contributed by atoms with Crippen LogP contribution in [0.5, 0.6) is 0 Å². The molecule has 0 saturated heterocycles. The molecule has 13 heavy (non-hydrogen) atoms. The van der Waals surface area contributed by atoms with Gasteiger partial charge in [0.15, 0.2) is 0 Å². The van der Waals surface area contributed by atoms with E-state index < -0.39 is 0 Å². The summed E-state index contributed by atoms with van der Waals surface area (Å²) in [5.74, 6) is 0. The fraction of sp³-hybridized carbons (Fsp3) is 0.900. The number of nitriles is 1. The topological polar surface area (TPSA) is 56.0 Å². The lowest BCUT2D eigenvalue weighted by Crippen LogP contribution is -2.35. The van der Waals surface area contributed by atoms with Crippen LogP contribution in [0.4, 0.5) is 0 Å². The zero-order valence-electron chi connectivity index (χ0n) is 8.05. The Bertz CT molecular complexity index is 180. The molecule has 1 fully saturated rings. The predicted molar refractivity (Wildman–Crippen MR) is 51.1 cm³/mol. The molecule has 0 atom stereocenters. The lowest BCUT2D eigenvalue weighted by atomic mass is 9.87. The molecule has 0 amide bonds. The van der Waals surface area contributed by atoms with E-state index in [4.69, 9.17) is 5.26 Å². The van der Waals surface area contributed by atoms with Crippen LogP contribution in [-0.4, -0.2) is 24.8 Å². The molecule has 1 aliphatic rings. The summed E-state index contributed by atoms with van der Waals surface area (Å²) in [7, 11) is 0. The summed E-state index contributed by atoms with van der Waals surface area (Å²) in [5.41, 5.74) is 0.120. The minimum Gasteiger partial charge on any atom is -0.396 e. The Hall–Kier alpha value is -0.590. The average Bonchev–Trinajstić information content (AvgIpc) is 2.62. The van der Waals surface area contributed by atoms with Crippen LogP contribution in [0.1, 0.15) is 32.1 Å². The van der Waals surface area contributed by atoms with Gasteiger partial charge in [0, 0.05) is 31.5 Å². The van der Waals surface area contributed by atoms with Crippen LogP contribution in [0.25, 0.3) is 0 Å². The highest BCUT2D eigenvalue weighted by atomic mass is 16.3. The number of aliphatic hydroxyl groups is 1. The molecule has 0 spiro atoms. The Morgan fingerprint density at radius 1 is 1.38 bits per heavy atom. The molecule has 1 saturated carbocycles. The summed E-state index contributed by atoms with van der Waals surface area (Å²) in [6.45, 7) is 1.90. The van der Waals surface area contributed by atoms with E-state index in [0.29, 0.717) is 6.42 Å². The van der Waals surface area contributed by atoms with Crippen molar-refractivity contribution in [3.05, 3.63) is 0 Å². The van der Waals surface area contributed by atoms with Crippen molar-refractivity contribution >= 4 is 0 Å². The van der Waals surface area contributed by atoms with E-state index >= 15 is 0 Å². The Kier molecular flexibility index (Phi) is 4.20. The Morgan fingerprint density at radius 3 is 2.62 bits per heavy atom. The number of nitrogens with one attached hydrogen (secondary N) is 1. The van der Waals surface area contributed by atoms with Gasteiger partial charge in [0.2, 0.25) is 0 Å². The molecule has 1 rings (SSSR count). The number of hydrogen-bond acceptors (Lipinski definition) is 3. The third-order valence-electron chi connectivity index (χ3n) is 2.91. The smallest absolute Gasteiger partial charge is 0.0635 e. The zero-order chi connectivity index (χ0) is 9.57. The number of hydrogen-bond donors (Lipinski definition) is 2. The molecule has 0 unspecified atom stereocenters. The van der Waals surface area contributed by atoms with Crippen LogP contribution < -0.4 is 5.32 Å². The summed E-state index contributed by atoms with van der Waals surface area (Å²) in [6, 6.07) is 2.10. The van der Waals surface area contributed by atoms with Crippen LogP contribution >= 0.6 is 0 Å². The van der Waals surface area contributed by atoms with Crippen LogP contribution in [0.3, 0.4) is 0 Å². The normalized spacial score (nSPS) is 20.0. The molecule has 1 aliphatic carbocycles. The van der Waals surface area contributed by atoms with Gasteiger partial charge in [-0.3, -0.25) is 0 Å². The molecule has 3 nitrogen and oxygen atoms in total. The maximum Gasteiger partial charge on any atom is 0.0635 e. The van der Waals surface area contributed by atoms with Crippen molar-refractivity contribution in [1.29, 1.82) is 5.26 Å². The van der Waals surface area contributed by atoms with Crippen molar-refractivity contribution in [2.75, 3.05) is 19.7 Å². The Labute approximate surface area is 79.8 Å². The van der Waals surface area contributed by atoms with Gasteiger partial charge in [-0.05, 0) is 12.8 Å². The van der Waals surface area contributed by atoms with Gasteiger partial charge in [0.1, 0.15) is 0 Å². The van der Waals surface area contributed by atoms with Gasteiger partial charge in [0.05, 0.1) is 6.07 Å². The molecule has 74 valence electrons. The minimum absolute atomic E-state index is 0.120. The molecule has 0 radical (unpaired) electrons. The van der Waals surface area contributed by atoms with Gasteiger partial charge in [0.25, 0.3) is 0 Å². The summed E-state index contributed by atoms with van der Waals surface area (Å²) in [6.07, 6.45) is 5.29. The predicted octanol–water partition coefficient (Wildman–Crippen LogP) is 1.04. The van der Waals surface area contributed by atoms with Crippen molar-refractivity contribution in [2.24, 2.45) is 5.41 Å². The second-order valence-corrected chi connectivity index (χ2v) is 3.95. The lowest BCUT2D eigenvalue weighted by molar-refractivity contribution is 0.129. The molecule has 0 aromatic rings. The third kappa shape index (κ3) is 2.98. The van der Waals surface area contributed by atoms with Gasteiger partial charge >= 0.3 is 0 Å². The maximum atomic E-state index is 9.27. The average molecular weight is 182 g/mol. The molecule has 0 heterocycles. The van der Waals surface area contributed by atoms with Crippen molar-refractivity contribution in [1.82, 2.24) is 5.32 Å². The van der Waals surface area contributed by atoms with Crippen LogP contribution in [0.15, 0.2) is 0 Å². The molecule has 0 aromatic heterocycles. The summed E-state index contributed by atoms with van der Waals surface area (Å²) < 4.78 is 0. The number of aliphatic hydroxyl groups excluding tert-OH is 1. The largest absolute Gasteiger partial charge is 0.396 e. The van der Waals surface area contributed by atoms with Crippen LogP contribution in [0, 0.1) is 16.7 Å². The highest BCUT2D eigenvalue weighted by molar-refractivity contribution is 4.86. The van der Waals surface area contributed by atoms with Crippen molar-refractivity contribution in [3.63, 3.8) is 0 Å². The molecule has 0 aromatic carbocycles. The van der Waals surface area contributed by atoms with Gasteiger partial charge in [-0.15, -0.1) is 0 Å².